The van der Waals surface area contributed by atoms with E-state index < -0.39 is 22.5 Å². The van der Waals surface area contributed by atoms with Gasteiger partial charge < -0.3 is 10.6 Å². The number of sulfonamides is 1. The first-order chi connectivity index (χ1) is 18.3. The van der Waals surface area contributed by atoms with Crippen molar-refractivity contribution in [1.29, 1.82) is 0 Å². The summed E-state index contributed by atoms with van der Waals surface area (Å²) in [6.45, 7) is 1.83. The van der Waals surface area contributed by atoms with Crippen LogP contribution in [0.5, 0.6) is 0 Å². The number of para-hydroxylation sites is 2. The van der Waals surface area contributed by atoms with E-state index in [2.05, 4.69) is 10.6 Å². The van der Waals surface area contributed by atoms with E-state index in [0.29, 0.717) is 29.9 Å². The topological polar surface area (TPSA) is 95.6 Å². The minimum absolute atomic E-state index is 0.0814. The van der Waals surface area contributed by atoms with E-state index in [1.165, 1.54) is 12.1 Å². The third-order valence-corrected chi connectivity index (χ3v) is 7.72. The summed E-state index contributed by atoms with van der Waals surface area (Å²) in [4.78, 5) is 26.1. The zero-order valence-corrected chi connectivity index (χ0v) is 21.8. The molecule has 0 saturated heterocycles. The van der Waals surface area contributed by atoms with E-state index in [1.54, 1.807) is 66.7 Å². The molecule has 7 nitrogen and oxygen atoms in total. The molecule has 0 aliphatic heterocycles. The number of carbonyl (C=O) groups excluding carboxylic acids is 2. The summed E-state index contributed by atoms with van der Waals surface area (Å²) in [5.74, 6) is -0.905. The van der Waals surface area contributed by atoms with Crippen LogP contribution in [0.1, 0.15) is 21.5 Å². The number of hydrogen-bond donors (Lipinski definition) is 2. The van der Waals surface area contributed by atoms with Crippen molar-refractivity contribution >= 4 is 33.2 Å². The highest BCUT2D eigenvalue weighted by Gasteiger charge is 2.27. The Labute approximate surface area is 223 Å². The fraction of sp³-hybridized carbons (Fsp3) is 0.133. The average molecular weight is 528 g/mol. The number of carbonyl (C=O) groups is 2. The molecule has 4 aromatic carbocycles. The molecule has 0 atom stereocenters. The lowest BCUT2D eigenvalue weighted by atomic mass is 10.1. The molecule has 4 aromatic rings. The van der Waals surface area contributed by atoms with Gasteiger partial charge in [0.05, 0.1) is 21.8 Å². The van der Waals surface area contributed by atoms with E-state index in [1.807, 2.05) is 37.3 Å². The van der Waals surface area contributed by atoms with Gasteiger partial charge >= 0.3 is 0 Å². The lowest BCUT2D eigenvalue weighted by Gasteiger charge is -2.24. The van der Waals surface area contributed by atoms with Gasteiger partial charge in [-0.2, -0.15) is 0 Å². The molecular weight excluding hydrogens is 498 g/mol. The Balaban J connectivity index is 1.50. The molecule has 0 bridgehead atoms. The third kappa shape index (κ3) is 6.66. The molecule has 0 aromatic heterocycles. The lowest BCUT2D eigenvalue weighted by molar-refractivity contribution is -0.114. The van der Waals surface area contributed by atoms with Crippen LogP contribution < -0.4 is 14.9 Å². The van der Waals surface area contributed by atoms with Crippen LogP contribution in [-0.4, -0.2) is 33.3 Å². The predicted octanol–water partition coefficient (Wildman–Crippen LogP) is 4.80. The molecule has 4 rings (SSSR count). The van der Waals surface area contributed by atoms with Gasteiger partial charge in [-0.15, -0.1) is 0 Å². The van der Waals surface area contributed by atoms with Crippen molar-refractivity contribution in [3.05, 3.63) is 126 Å². The smallest absolute Gasteiger partial charge is 0.264 e. The zero-order valence-electron chi connectivity index (χ0n) is 21.0. The number of nitrogens with zero attached hydrogens (tertiary/aromatic N) is 1. The quantitative estimate of drug-likeness (QED) is 0.310. The number of benzene rings is 4. The summed E-state index contributed by atoms with van der Waals surface area (Å²) in [5.41, 5.74) is 2.98. The molecule has 0 saturated carbocycles. The van der Waals surface area contributed by atoms with E-state index >= 15 is 0 Å². The highest BCUT2D eigenvalue weighted by molar-refractivity contribution is 7.92. The Morgan fingerprint density at radius 1 is 0.763 bits per heavy atom. The molecule has 38 heavy (non-hydrogen) atoms. The second-order valence-electron chi connectivity index (χ2n) is 8.75. The molecule has 0 unspecified atom stereocenters. The second-order valence-corrected chi connectivity index (χ2v) is 10.6. The van der Waals surface area contributed by atoms with Gasteiger partial charge in [-0.3, -0.25) is 13.9 Å². The van der Waals surface area contributed by atoms with E-state index in [0.717, 1.165) is 15.4 Å². The third-order valence-electron chi connectivity index (χ3n) is 5.93. The first kappa shape index (κ1) is 26.6. The lowest BCUT2D eigenvalue weighted by Crippen LogP contribution is -2.38. The standard InChI is InChI=1S/C30H29N3O4S/c1-23-16-18-26(19-17-23)38(36,37)33(25-12-6-3-7-13-25)22-29(34)32-28-15-9-8-14-27(28)30(35)31-21-20-24-10-4-2-5-11-24/h2-19H,20-22H2,1H3,(H,31,35)(H,32,34). The molecule has 0 aliphatic rings. The van der Waals surface area contributed by atoms with Crippen LogP contribution in [0.2, 0.25) is 0 Å². The summed E-state index contributed by atoms with van der Waals surface area (Å²) < 4.78 is 28.1. The Morgan fingerprint density at radius 2 is 1.37 bits per heavy atom. The summed E-state index contributed by atoms with van der Waals surface area (Å²) in [6.07, 6.45) is 0.671. The highest BCUT2D eigenvalue weighted by atomic mass is 32.2. The first-order valence-electron chi connectivity index (χ1n) is 12.2. The average Bonchev–Trinajstić information content (AvgIpc) is 2.93. The minimum Gasteiger partial charge on any atom is -0.352 e. The van der Waals surface area contributed by atoms with Crippen LogP contribution in [0.25, 0.3) is 0 Å². The number of rotatable bonds is 10. The van der Waals surface area contributed by atoms with E-state index in [-0.39, 0.29) is 10.8 Å². The summed E-state index contributed by atoms with van der Waals surface area (Å²) in [6, 6.07) is 31.4. The molecule has 194 valence electrons. The Bertz CT molecular complexity index is 1490. The van der Waals surface area contributed by atoms with Crippen LogP contribution in [-0.2, 0) is 21.2 Å². The Morgan fingerprint density at radius 3 is 2.05 bits per heavy atom. The highest BCUT2D eigenvalue weighted by Crippen LogP contribution is 2.24. The second kappa shape index (κ2) is 12.2. The van der Waals surface area contributed by atoms with Crippen molar-refractivity contribution in [3.8, 4) is 0 Å². The minimum atomic E-state index is -4.03. The van der Waals surface area contributed by atoms with Crippen molar-refractivity contribution in [1.82, 2.24) is 5.32 Å². The molecular formula is C30H29N3O4S. The van der Waals surface area contributed by atoms with Crippen molar-refractivity contribution in [3.63, 3.8) is 0 Å². The molecule has 0 fully saturated rings. The molecule has 8 heteroatoms. The van der Waals surface area contributed by atoms with Gasteiger partial charge in [-0.05, 0) is 55.3 Å². The molecule has 0 radical (unpaired) electrons. The van der Waals surface area contributed by atoms with Crippen LogP contribution >= 0.6 is 0 Å². The molecule has 2 N–H and O–H groups in total. The summed E-state index contributed by atoms with van der Waals surface area (Å²) >= 11 is 0. The van der Waals surface area contributed by atoms with E-state index in [9.17, 15) is 18.0 Å². The predicted molar refractivity (Wildman–Crippen MR) is 150 cm³/mol. The number of aryl methyl sites for hydroxylation is 1. The molecule has 0 aliphatic carbocycles. The maximum absolute atomic E-state index is 13.5. The SMILES string of the molecule is Cc1ccc(S(=O)(=O)N(CC(=O)Nc2ccccc2C(=O)NCCc2ccccc2)c2ccccc2)cc1. The van der Waals surface area contributed by atoms with Crippen molar-refractivity contribution in [2.75, 3.05) is 22.7 Å². The molecule has 0 spiro atoms. The summed E-state index contributed by atoms with van der Waals surface area (Å²) in [5, 5.41) is 5.61. The van der Waals surface area contributed by atoms with Crippen LogP contribution in [0.3, 0.4) is 0 Å². The van der Waals surface area contributed by atoms with Crippen molar-refractivity contribution in [2.45, 2.75) is 18.2 Å². The Hall–Kier alpha value is -4.43. The van der Waals surface area contributed by atoms with Crippen LogP contribution in [0.15, 0.2) is 114 Å². The monoisotopic (exact) mass is 527 g/mol. The molecule has 2 amide bonds. The number of amides is 2. The van der Waals surface area contributed by atoms with Crippen LogP contribution in [0.4, 0.5) is 11.4 Å². The number of anilines is 2. The fourth-order valence-corrected chi connectivity index (χ4v) is 5.34. The zero-order chi connectivity index (χ0) is 27.0. The number of nitrogens with one attached hydrogen (secondary N) is 2. The summed E-state index contributed by atoms with van der Waals surface area (Å²) in [7, 11) is -4.03. The van der Waals surface area contributed by atoms with Gasteiger partial charge in [0.15, 0.2) is 0 Å². The van der Waals surface area contributed by atoms with Crippen molar-refractivity contribution < 1.29 is 18.0 Å². The van der Waals surface area contributed by atoms with E-state index in [4.69, 9.17) is 0 Å². The van der Waals surface area contributed by atoms with Gasteiger partial charge in [0.1, 0.15) is 6.54 Å². The van der Waals surface area contributed by atoms with Crippen molar-refractivity contribution in [2.24, 2.45) is 0 Å². The van der Waals surface area contributed by atoms with Crippen LogP contribution in [0, 0.1) is 6.92 Å². The normalized spacial score (nSPS) is 11.0. The van der Waals surface area contributed by atoms with Gasteiger partial charge in [-0.1, -0.05) is 78.4 Å². The van der Waals surface area contributed by atoms with Gasteiger partial charge in [0.2, 0.25) is 5.91 Å². The van der Waals surface area contributed by atoms with Gasteiger partial charge in [-0.25, -0.2) is 8.42 Å². The number of hydrogen-bond acceptors (Lipinski definition) is 4. The fourth-order valence-electron chi connectivity index (χ4n) is 3.92. The first-order valence-corrected chi connectivity index (χ1v) is 13.6. The largest absolute Gasteiger partial charge is 0.352 e. The maximum atomic E-state index is 13.5. The van der Waals surface area contributed by atoms with Gasteiger partial charge in [0.25, 0.3) is 15.9 Å². The molecule has 0 heterocycles. The maximum Gasteiger partial charge on any atom is 0.264 e. The van der Waals surface area contributed by atoms with Gasteiger partial charge in [0, 0.05) is 6.54 Å². The Kier molecular flexibility index (Phi) is 8.55.